The number of unbranched alkanes of at least 4 members (excludes halogenated alkanes) is 1. The molecule has 0 amide bonds. The lowest BCUT2D eigenvalue weighted by molar-refractivity contribution is 0.0703. The highest BCUT2D eigenvalue weighted by Gasteiger charge is 2.11. The molecule has 1 atom stereocenters. The molecular weight excluding hydrogens is 154 g/mol. The summed E-state index contributed by atoms with van der Waals surface area (Å²) in [7, 11) is 0. The molecule has 0 aliphatic carbocycles. The van der Waals surface area contributed by atoms with Gasteiger partial charge in [-0.1, -0.05) is 0 Å². The van der Waals surface area contributed by atoms with Gasteiger partial charge in [0.05, 0.1) is 6.61 Å². The number of rotatable bonds is 5. The van der Waals surface area contributed by atoms with E-state index in [2.05, 4.69) is 5.32 Å². The van der Waals surface area contributed by atoms with Gasteiger partial charge in [0, 0.05) is 19.3 Å². The number of ether oxygens (including phenoxy) is 1. The average Bonchev–Trinajstić information content (AvgIpc) is 2.14. The summed E-state index contributed by atoms with van der Waals surface area (Å²) in [5, 5.41) is 12.0. The summed E-state index contributed by atoms with van der Waals surface area (Å²) in [6.45, 7) is 3.10. The van der Waals surface area contributed by atoms with Crippen molar-refractivity contribution < 1.29 is 9.84 Å². The largest absolute Gasteiger partial charge is 0.396 e. The molecule has 1 rings (SSSR count). The van der Waals surface area contributed by atoms with E-state index in [1.165, 1.54) is 12.8 Å². The first kappa shape index (κ1) is 9.96. The van der Waals surface area contributed by atoms with Crippen molar-refractivity contribution in [1.82, 2.24) is 5.32 Å². The molecule has 2 N–H and O–H groups in total. The summed E-state index contributed by atoms with van der Waals surface area (Å²) in [4.78, 5) is 0. The zero-order valence-electron chi connectivity index (χ0n) is 7.59. The molecule has 0 aromatic carbocycles. The van der Waals surface area contributed by atoms with Crippen molar-refractivity contribution in [3.05, 3.63) is 0 Å². The first-order chi connectivity index (χ1) is 5.93. The molecule has 12 heavy (non-hydrogen) atoms. The normalized spacial score (nSPS) is 24.2. The third-order valence-corrected chi connectivity index (χ3v) is 2.18. The van der Waals surface area contributed by atoms with E-state index in [1.807, 2.05) is 0 Å². The van der Waals surface area contributed by atoms with Crippen molar-refractivity contribution in [2.24, 2.45) is 0 Å². The highest BCUT2D eigenvalue weighted by molar-refractivity contribution is 4.69. The molecular formula is C9H19NO2. The molecule has 72 valence electrons. The smallest absolute Gasteiger partial charge is 0.0619 e. The maximum Gasteiger partial charge on any atom is 0.0619 e. The Labute approximate surface area is 74.1 Å². The quantitative estimate of drug-likeness (QED) is 0.596. The van der Waals surface area contributed by atoms with E-state index in [-0.39, 0.29) is 0 Å². The lowest BCUT2D eigenvalue weighted by atomic mass is 10.1. The summed E-state index contributed by atoms with van der Waals surface area (Å²) in [6.07, 6.45) is 4.38. The van der Waals surface area contributed by atoms with Gasteiger partial charge in [0.1, 0.15) is 0 Å². The van der Waals surface area contributed by atoms with Crippen molar-refractivity contribution >= 4 is 0 Å². The maximum absolute atomic E-state index is 8.55. The van der Waals surface area contributed by atoms with Crippen LogP contribution in [0.2, 0.25) is 0 Å². The molecule has 0 radical (unpaired) electrons. The molecule has 1 unspecified atom stereocenters. The van der Waals surface area contributed by atoms with E-state index in [9.17, 15) is 0 Å². The van der Waals surface area contributed by atoms with Gasteiger partial charge in [-0.25, -0.2) is 0 Å². The molecule has 1 heterocycles. The predicted molar refractivity (Wildman–Crippen MR) is 48.2 cm³/mol. The Bertz CT molecular complexity index is 103. The third-order valence-electron chi connectivity index (χ3n) is 2.18. The van der Waals surface area contributed by atoms with Gasteiger partial charge < -0.3 is 15.2 Å². The first-order valence-electron chi connectivity index (χ1n) is 4.85. The minimum Gasteiger partial charge on any atom is -0.396 e. The Hall–Kier alpha value is -0.120. The average molecular weight is 173 g/mol. The molecule has 0 saturated carbocycles. The lowest BCUT2D eigenvalue weighted by Gasteiger charge is -2.23. The third kappa shape index (κ3) is 4.04. The van der Waals surface area contributed by atoms with Crippen molar-refractivity contribution in [1.29, 1.82) is 0 Å². The second-order valence-corrected chi connectivity index (χ2v) is 3.30. The van der Waals surface area contributed by atoms with Crippen LogP contribution in [-0.2, 0) is 4.74 Å². The van der Waals surface area contributed by atoms with E-state index in [4.69, 9.17) is 9.84 Å². The molecule has 3 nitrogen and oxygen atoms in total. The van der Waals surface area contributed by atoms with Crippen LogP contribution in [0.4, 0.5) is 0 Å². The van der Waals surface area contributed by atoms with Gasteiger partial charge in [-0.15, -0.1) is 0 Å². The standard InChI is InChI=1S/C9H19NO2/c11-6-2-1-5-10-9-4-3-7-12-8-9/h9-11H,1-8H2. The summed E-state index contributed by atoms with van der Waals surface area (Å²) < 4.78 is 5.33. The van der Waals surface area contributed by atoms with Crippen LogP contribution in [0.3, 0.4) is 0 Å². The number of hydrogen-bond acceptors (Lipinski definition) is 3. The monoisotopic (exact) mass is 173 g/mol. The Kier molecular flexibility index (Phi) is 5.32. The zero-order chi connectivity index (χ0) is 8.65. The van der Waals surface area contributed by atoms with Crippen LogP contribution in [0.25, 0.3) is 0 Å². The fourth-order valence-electron chi connectivity index (χ4n) is 1.44. The minimum absolute atomic E-state index is 0.308. The van der Waals surface area contributed by atoms with Gasteiger partial charge in [0.15, 0.2) is 0 Å². The van der Waals surface area contributed by atoms with Crippen LogP contribution in [0, 0.1) is 0 Å². The Morgan fingerprint density at radius 3 is 3.00 bits per heavy atom. The molecule has 0 spiro atoms. The van der Waals surface area contributed by atoms with Crippen molar-refractivity contribution in [3.63, 3.8) is 0 Å². The van der Waals surface area contributed by atoms with E-state index in [0.29, 0.717) is 12.6 Å². The fraction of sp³-hybridized carbons (Fsp3) is 1.00. The molecule has 1 saturated heterocycles. The summed E-state index contributed by atoms with van der Waals surface area (Å²) in [5.41, 5.74) is 0. The zero-order valence-corrected chi connectivity index (χ0v) is 7.59. The maximum atomic E-state index is 8.55. The van der Waals surface area contributed by atoms with Crippen molar-refractivity contribution in [2.75, 3.05) is 26.4 Å². The topological polar surface area (TPSA) is 41.5 Å². The number of nitrogens with one attached hydrogen (secondary N) is 1. The van der Waals surface area contributed by atoms with Gasteiger partial charge in [0.2, 0.25) is 0 Å². The van der Waals surface area contributed by atoms with Gasteiger partial charge in [-0.05, 0) is 32.2 Å². The number of aliphatic hydroxyl groups excluding tert-OH is 1. The van der Waals surface area contributed by atoms with Gasteiger partial charge in [-0.2, -0.15) is 0 Å². The Balaban J connectivity index is 1.91. The van der Waals surface area contributed by atoms with Crippen molar-refractivity contribution in [2.45, 2.75) is 31.7 Å². The van der Waals surface area contributed by atoms with E-state index in [1.54, 1.807) is 0 Å². The first-order valence-corrected chi connectivity index (χ1v) is 4.85. The molecule has 1 fully saturated rings. The molecule has 0 aromatic heterocycles. The van der Waals surface area contributed by atoms with Gasteiger partial charge >= 0.3 is 0 Å². The SMILES string of the molecule is OCCCCNC1CCCOC1. The van der Waals surface area contributed by atoms with E-state index in [0.717, 1.165) is 32.6 Å². The van der Waals surface area contributed by atoms with Crippen LogP contribution in [-0.4, -0.2) is 37.5 Å². The molecule has 3 heteroatoms. The van der Waals surface area contributed by atoms with E-state index >= 15 is 0 Å². The van der Waals surface area contributed by atoms with E-state index < -0.39 is 0 Å². The summed E-state index contributed by atoms with van der Waals surface area (Å²) in [5.74, 6) is 0. The van der Waals surface area contributed by atoms with Crippen LogP contribution >= 0.6 is 0 Å². The summed E-state index contributed by atoms with van der Waals surface area (Å²) >= 11 is 0. The van der Waals surface area contributed by atoms with Crippen LogP contribution in [0.15, 0.2) is 0 Å². The van der Waals surface area contributed by atoms with Gasteiger partial charge in [0.25, 0.3) is 0 Å². The predicted octanol–water partition coefficient (Wildman–Crippen LogP) is 0.527. The highest BCUT2D eigenvalue weighted by Crippen LogP contribution is 2.05. The number of aliphatic hydroxyl groups is 1. The van der Waals surface area contributed by atoms with Crippen LogP contribution in [0.5, 0.6) is 0 Å². The Morgan fingerprint density at radius 1 is 1.42 bits per heavy atom. The second-order valence-electron chi connectivity index (χ2n) is 3.30. The molecule has 0 bridgehead atoms. The summed E-state index contributed by atoms with van der Waals surface area (Å²) in [6, 6.07) is 0.553. The molecule has 1 aliphatic heterocycles. The minimum atomic E-state index is 0.308. The molecule has 0 aromatic rings. The Morgan fingerprint density at radius 2 is 2.33 bits per heavy atom. The number of hydrogen-bond donors (Lipinski definition) is 2. The van der Waals surface area contributed by atoms with Gasteiger partial charge in [-0.3, -0.25) is 0 Å². The fourth-order valence-corrected chi connectivity index (χ4v) is 1.44. The van der Waals surface area contributed by atoms with Crippen LogP contribution < -0.4 is 5.32 Å². The highest BCUT2D eigenvalue weighted by atomic mass is 16.5. The lowest BCUT2D eigenvalue weighted by Crippen LogP contribution is -2.37. The second kappa shape index (κ2) is 6.40. The van der Waals surface area contributed by atoms with Crippen LogP contribution in [0.1, 0.15) is 25.7 Å². The molecule has 1 aliphatic rings. The van der Waals surface area contributed by atoms with Crippen molar-refractivity contribution in [3.8, 4) is 0 Å².